The summed E-state index contributed by atoms with van der Waals surface area (Å²) in [6.45, 7) is 12.5. The van der Waals surface area contributed by atoms with Gasteiger partial charge in [-0.25, -0.2) is 0 Å². The maximum absolute atomic E-state index is 5.69. The van der Waals surface area contributed by atoms with Crippen LogP contribution in [0, 0.1) is 5.92 Å². The van der Waals surface area contributed by atoms with Gasteiger partial charge in [-0.05, 0) is 32.6 Å². The van der Waals surface area contributed by atoms with Crippen molar-refractivity contribution in [1.82, 2.24) is 10.2 Å². The molecule has 0 bridgehead atoms. The fraction of sp³-hybridized carbons (Fsp3) is 1.00. The van der Waals surface area contributed by atoms with E-state index in [1.807, 2.05) is 0 Å². The molecule has 0 amide bonds. The Balaban J connectivity index is 1.96. The molecule has 2 aliphatic heterocycles. The van der Waals surface area contributed by atoms with Crippen LogP contribution >= 0.6 is 0 Å². The van der Waals surface area contributed by atoms with Crippen LogP contribution in [0.2, 0.25) is 0 Å². The SMILES string of the molecule is CCC(C)C1CN(C2CCOC(C)C2)C(C)CN1. The normalized spacial score (nSPS) is 40.7. The molecule has 2 saturated heterocycles. The van der Waals surface area contributed by atoms with Gasteiger partial charge in [0.05, 0.1) is 6.10 Å². The quantitative estimate of drug-likeness (QED) is 0.836. The van der Waals surface area contributed by atoms with E-state index in [0.29, 0.717) is 18.2 Å². The summed E-state index contributed by atoms with van der Waals surface area (Å²) in [4.78, 5) is 2.74. The van der Waals surface area contributed by atoms with Crippen LogP contribution in [0.3, 0.4) is 0 Å². The van der Waals surface area contributed by atoms with Gasteiger partial charge in [-0.3, -0.25) is 4.90 Å². The first-order chi connectivity index (χ1) is 8.61. The first kappa shape index (κ1) is 14.3. The maximum Gasteiger partial charge on any atom is 0.0561 e. The Kier molecular flexibility index (Phi) is 5.05. The second-order valence-electron chi connectivity index (χ2n) is 6.31. The molecule has 0 aliphatic carbocycles. The molecule has 3 nitrogen and oxygen atoms in total. The van der Waals surface area contributed by atoms with Crippen LogP contribution in [0.25, 0.3) is 0 Å². The summed E-state index contributed by atoms with van der Waals surface area (Å²) in [6, 6.07) is 2.07. The second-order valence-corrected chi connectivity index (χ2v) is 6.31. The van der Waals surface area contributed by atoms with Crippen LogP contribution in [0.1, 0.15) is 47.0 Å². The maximum atomic E-state index is 5.69. The predicted molar refractivity (Wildman–Crippen MR) is 75.8 cm³/mol. The van der Waals surface area contributed by atoms with E-state index in [1.165, 1.54) is 25.8 Å². The summed E-state index contributed by atoms with van der Waals surface area (Å²) in [5.41, 5.74) is 0. The van der Waals surface area contributed by atoms with Crippen LogP contribution in [-0.2, 0) is 4.74 Å². The molecule has 2 fully saturated rings. The van der Waals surface area contributed by atoms with Crippen molar-refractivity contribution < 1.29 is 4.74 Å². The molecular weight excluding hydrogens is 224 g/mol. The van der Waals surface area contributed by atoms with Crippen molar-refractivity contribution in [2.24, 2.45) is 5.92 Å². The molecule has 106 valence electrons. The van der Waals surface area contributed by atoms with Gasteiger partial charge in [-0.2, -0.15) is 0 Å². The molecule has 0 saturated carbocycles. The first-order valence-corrected chi connectivity index (χ1v) is 7.72. The molecule has 2 rings (SSSR count). The molecule has 0 aromatic rings. The van der Waals surface area contributed by atoms with Crippen molar-refractivity contribution in [3.63, 3.8) is 0 Å². The number of hydrogen-bond acceptors (Lipinski definition) is 3. The van der Waals surface area contributed by atoms with Gasteiger partial charge in [-0.15, -0.1) is 0 Å². The highest BCUT2D eigenvalue weighted by molar-refractivity contribution is 4.91. The van der Waals surface area contributed by atoms with E-state index in [-0.39, 0.29) is 0 Å². The number of ether oxygens (including phenoxy) is 1. The first-order valence-electron chi connectivity index (χ1n) is 7.72. The number of piperazine rings is 1. The van der Waals surface area contributed by atoms with Gasteiger partial charge in [0, 0.05) is 37.8 Å². The molecule has 0 radical (unpaired) electrons. The van der Waals surface area contributed by atoms with E-state index in [2.05, 4.69) is 37.9 Å². The zero-order valence-corrected chi connectivity index (χ0v) is 12.5. The lowest BCUT2D eigenvalue weighted by Gasteiger charge is -2.46. The summed E-state index contributed by atoms with van der Waals surface area (Å²) >= 11 is 0. The second kappa shape index (κ2) is 6.36. The summed E-state index contributed by atoms with van der Waals surface area (Å²) in [6.07, 6.45) is 4.12. The van der Waals surface area contributed by atoms with E-state index in [4.69, 9.17) is 4.74 Å². The Bertz CT molecular complexity index is 259. The largest absolute Gasteiger partial charge is 0.378 e. The Labute approximate surface area is 112 Å². The molecule has 5 unspecified atom stereocenters. The third-order valence-electron chi connectivity index (χ3n) is 4.91. The van der Waals surface area contributed by atoms with Crippen LogP contribution < -0.4 is 5.32 Å². The van der Waals surface area contributed by atoms with E-state index in [1.54, 1.807) is 0 Å². The molecule has 2 aliphatic rings. The fourth-order valence-corrected chi connectivity index (χ4v) is 3.36. The third-order valence-corrected chi connectivity index (χ3v) is 4.91. The lowest BCUT2D eigenvalue weighted by atomic mass is 9.92. The van der Waals surface area contributed by atoms with Crippen LogP contribution in [0.4, 0.5) is 0 Å². The Morgan fingerprint density at radius 3 is 2.83 bits per heavy atom. The zero-order chi connectivity index (χ0) is 13.1. The lowest BCUT2D eigenvalue weighted by Crippen LogP contribution is -2.61. The van der Waals surface area contributed by atoms with Crippen molar-refractivity contribution in [2.45, 2.75) is 71.2 Å². The van der Waals surface area contributed by atoms with E-state index in [0.717, 1.165) is 25.1 Å². The molecule has 18 heavy (non-hydrogen) atoms. The number of nitrogens with one attached hydrogen (secondary N) is 1. The number of rotatable bonds is 3. The summed E-state index contributed by atoms with van der Waals surface area (Å²) in [5.74, 6) is 0.775. The van der Waals surface area contributed by atoms with Gasteiger partial charge in [-0.1, -0.05) is 20.3 Å². The molecule has 2 heterocycles. The van der Waals surface area contributed by atoms with Crippen molar-refractivity contribution in [3.05, 3.63) is 0 Å². The fourth-order valence-electron chi connectivity index (χ4n) is 3.36. The number of hydrogen-bond donors (Lipinski definition) is 1. The predicted octanol–water partition coefficient (Wildman–Crippen LogP) is 2.26. The van der Waals surface area contributed by atoms with Crippen molar-refractivity contribution in [1.29, 1.82) is 0 Å². The highest BCUT2D eigenvalue weighted by Crippen LogP contribution is 2.24. The zero-order valence-electron chi connectivity index (χ0n) is 12.5. The molecule has 5 atom stereocenters. The summed E-state index contributed by atoms with van der Waals surface area (Å²) in [7, 11) is 0. The van der Waals surface area contributed by atoms with Gasteiger partial charge in [0.2, 0.25) is 0 Å². The van der Waals surface area contributed by atoms with Crippen LogP contribution in [0.15, 0.2) is 0 Å². The average molecular weight is 254 g/mol. The summed E-state index contributed by atoms with van der Waals surface area (Å²) in [5, 5.41) is 3.73. The average Bonchev–Trinajstić information content (AvgIpc) is 2.38. The smallest absolute Gasteiger partial charge is 0.0561 e. The lowest BCUT2D eigenvalue weighted by molar-refractivity contribution is -0.0378. The minimum absolute atomic E-state index is 0.438. The third kappa shape index (κ3) is 3.25. The molecule has 0 aromatic carbocycles. The van der Waals surface area contributed by atoms with Crippen molar-refractivity contribution in [2.75, 3.05) is 19.7 Å². The van der Waals surface area contributed by atoms with Gasteiger partial charge in [0.25, 0.3) is 0 Å². The van der Waals surface area contributed by atoms with Crippen molar-refractivity contribution in [3.8, 4) is 0 Å². The molecular formula is C15H30N2O. The Morgan fingerprint density at radius 1 is 1.39 bits per heavy atom. The molecule has 0 spiro atoms. The molecule has 1 N–H and O–H groups in total. The van der Waals surface area contributed by atoms with Gasteiger partial charge < -0.3 is 10.1 Å². The number of nitrogens with zero attached hydrogens (tertiary/aromatic N) is 1. The van der Waals surface area contributed by atoms with Gasteiger partial charge in [0.1, 0.15) is 0 Å². The van der Waals surface area contributed by atoms with Crippen LogP contribution in [-0.4, -0.2) is 48.8 Å². The van der Waals surface area contributed by atoms with E-state index >= 15 is 0 Å². The monoisotopic (exact) mass is 254 g/mol. The Morgan fingerprint density at radius 2 is 2.17 bits per heavy atom. The van der Waals surface area contributed by atoms with Crippen LogP contribution in [0.5, 0.6) is 0 Å². The van der Waals surface area contributed by atoms with Gasteiger partial charge in [0.15, 0.2) is 0 Å². The standard InChI is InChI=1S/C15H30N2O/c1-5-11(2)15-10-17(12(3)9-16-15)14-6-7-18-13(4)8-14/h11-16H,5-10H2,1-4H3. The Hall–Kier alpha value is -0.120. The highest BCUT2D eigenvalue weighted by atomic mass is 16.5. The topological polar surface area (TPSA) is 24.5 Å². The van der Waals surface area contributed by atoms with E-state index in [9.17, 15) is 0 Å². The molecule has 0 aromatic heterocycles. The summed E-state index contributed by atoms with van der Waals surface area (Å²) < 4.78 is 5.69. The van der Waals surface area contributed by atoms with E-state index < -0.39 is 0 Å². The minimum Gasteiger partial charge on any atom is -0.378 e. The highest BCUT2D eigenvalue weighted by Gasteiger charge is 2.34. The minimum atomic E-state index is 0.438. The van der Waals surface area contributed by atoms with Gasteiger partial charge >= 0.3 is 0 Å². The van der Waals surface area contributed by atoms with Crippen molar-refractivity contribution >= 4 is 0 Å². The molecule has 3 heteroatoms.